The Morgan fingerprint density at radius 1 is 1.20 bits per heavy atom. The van der Waals surface area contributed by atoms with Gasteiger partial charge in [0.25, 0.3) is 5.91 Å². The van der Waals surface area contributed by atoms with Crippen molar-refractivity contribution in [1.29, 1.82) is 0 Å². The fraction of sp³-hybridized carbons (Fsp3) is 0. The van der Waals surface area contributed by atoms with E-state index >= 15 is 0 Å². The molecule has 5 nitrogen and oxygen atoms in total. The lowest BCUT2D eigenvalue weighted by atomic mass is 10.2. The number of hydrazone groups is 1. The predicted molar refractivity (Wildman–Crippen MR) is 71.2 cm³/mol. The number of benzene rings is 2. The molecule has 0 unspecified atom stereocenters. The summed E-state index contributed by atoms with van der Waals surface area (Å²) < 4.78 is 12.9. The highest BCUT2D eigenvalue weighted by molar-refractivity contribution is 5.95. The molecule has 0 aliphatic heterocycles. The number of halogens is 1. The van der Waals surface area contributed by atoms with Crippen LogP contribution in [0.5, 0.6) is 11.5 Å². The topological polar surface area (TPSA) is 81.9 Å². The number of carbonyl (C=O) groups is 1. The summed E-state index contributed by atoms with van der Waals surface area (Å²) in [6, 6.07) is 9.14. The smallest absolute Gasteiger partial charge is 0.271 e. The number of phenolic OH excluding ortho intramolecular Hbond substituents is 2. The first-order valence-corrected chi connectivity index (χ1v) is 5.67. The lowest BCUT2D eigenvalue weighted by Gasteiger charge is -2.01. The molecule has 1 amide bonds. The molecule has 20 heavy (non-hydrogen) atoms. The van der Waals surface area contributed by atoms with Crippen LogP contribution in [0.1, 0.15) is 15.9 Å². The van der Waals surface area contributed by atoms with Crippen LogP contribution in [0.4, 0.5) is 4.39 Å². The Balaban J connectivity index is 2.04. The summed E-state index contributed by atoms with van der Waals surface area (Å²) in [5, 5.41) is 22.3. The zero-order valence-electron chi connectivity index (χ0n) is 10.2. The molecule has 2 rings (SSSR count). The average Bonchev–Trinajstić information content (AvgIpc) is 2.41. The van der Waals surface area contributed by atoms with Gasteiger partial charge in [-0.3, -0.25) is 4.79 Å². The summed E-state index contributed by atoms with van der Waals surface area (Å²) in [6.07, 6.45) is 1.21. The molecule has 2 aromatic carbocycles. The third-order valence-electron chi connectivity index (χ3n) is 2.47. The van der Waals surface area contributed by atoms with Crippen molar-refractivity contribution in [3.63, 3.8) is 0 Å². The normalized spacial score (nSPS) is 10.7. The molecular formula is C14H11FN2O3. The maximum absolute atomic E-state index is 12.9. The Kier molecular flexibility index (Phi) is 3.95. The molecule has 6 heteroatoms. The number of hydrogen-bond donors (Lipinski definition) is 3. The third kappa shape index (κ3) is 3.32. The Bertz CT molecular complexity index is 671. The predicted octanol–water partition coefficient (Wildman–Crippen LogP) is 2.00. The SMILES string of the molecule is O=C(N/N=C/c1ccc(O)cc1O)c1cccc(F)c1. The van der Waals surface area contributed by atoms with Crippen LogP contribution >= 0.6 is 0 Å². The summed E-state index contributed by atoms with van der Waals surface area (Å²) in [5.41, 5.74) is 2.66. The molecule has 0 aliphatic rings. The van der Waals surface area contributed by atoms with E-state index in [4.69, 9.17) is 5.11 Å². The molecule has 0 spiro atoms. The lowest BCUT2D eigenvalue weighted by molar-refractivity contribution is 0.0954. The van der Waals surface area contributed by atoms with Crippen LogP contribution in [0.3, 0.4) is 0 Å². The van der Waals surface area contributed by atoms with E-state index in [9.17, 15) is 14.3 Å². The summed E-state index contributed by atoms with van der Waals surface area (Å²) >= 11 is 0. The van der Waals surface area contributed by atoms with Crippen molar-refractivity contribution in [2.45, 2.75) is 0 Å². The third-order valence-corrected chi connectivity index (χ3v) is 2.47. The van der Waals surface area contributed by atoms with E-state index in [-0.39, 0.29) is 17.1 Å². The summed E-state index contributed by atoms with van der Waals surface area (Å²) in [6.45, 7) is 0. The number of carbonyl (C=O) groups excluding carboxylic acids is 1. The number of nitrogens with one attached hydrogen (secondary N) is 1. The molecular weight excluding hydrogens is 263 g/mol. The first kappa shape index (κ1) is 13.5. The highest BCUT2D eigenvalue weighted by atomic mass is 19.1. The van der Waals surface area contributed by atoms with Gasteiger partial charge in [0.05, 0.1) is 6.21 Å². The number of hydrogen-bond acceptors (Lipinski definition) is 4. The number of nitrogens with zero attached hydrogens (tertiary/aromatic N) is 1. The Morgan fingerprint density at radius 3 is 2.70 bits per heavy atom. The van der Waals surface area contributed by atoms with Gasteiger partial charge in [-0.05, 0) is 30.3 Å². The number of amides is 1. The van der Waals surface area contributed by atoms with Crippen LogP contribution in [0.25, 0.3) is 0 Å². The number of aromatic hydroxyl groups is 2. The molecule has 102 valence electrons. The summed E-state index contributed by atoms with van der Waals surface area (Å²) in [7, 11) is 0. The molecule has 0 atom stereocenters. The highest BCUT2D eigenvalue weighted by Gasteiger charge is 2.05. The summed E-state index contributed by atoms with van der Waals surface area (Å²) in [5.74, 6) is -1.34. The molecule has 0 bridgehead atoms. The Labute approximate surface area is 114 Å². The van der Waals surface area contributed by atoms with E-state index in [2.05, 4.69) is 10.5 Å². The van der Waals surface area contributed by atoms with Gasteiger partial charge in [-0.15, -0.1) is 0 Å². The second-order valence-corrected chi connectivity index (χ2v) is 3.95. The van der Waals surface area contributed by atoms with Gasteiger partial charge in [-0.1, -0.05) is 6.07 Å². The number of rotatable bonds is 3. The van der Waals surface area contributed by atoms with E-state index in [1.165, 1.54) is 36.5 Å². The minimum Gasteiger partial charge on any atom is -0.508 e. The van der Waals surface area contributed by atoms with Gasteiger partial charge in [-0.25, -0.2) is 9.82 Å². The van der Waals surface area contributed by atoms with Gasteiger partial charge in [0.1, 0.15) is 17.3 Å². The zero-order chi connectivity index (χ0) is 14.5. The van der Waals surface area contributed by atoms with E-state index in [1.807, 2.05) is 0 Å². The first-order valence-electron chi connectivity index (χ1n) is 5.67. The molecule has 0 aromatic heterocycles. The van der Waals surface area contributed by atoms with Crippen molar-refractivity contribution in [3.8, 4) is 11.5 Å². The van der Waals surface area contributed by atoms with E-state index in [0.717, 1.165) is 12.1 Å². The minimum absolute atomic E-state index is 0.0801. The molecule has 0 saturated heterocycles. The molecule has 0 saturated carbocycles. The van der Waals surface area contributed by atoms with Gasteiger partial charge in [-0.2, -0.15) is 5.10 Å². The van der Waals surface area contributed by atoms with Gasteiger partial charge >= 0.3 is 0 Å². The van der Waals surface area contributed by atoms with Crippen LogP contribution in [0.15, 0.2) is 47.6 Å². The van der Waals surface area contributed by atoms with Crippen molar-refractivity contribution >= 4 is 12.1 Å². The van der Waals surface area contributed by atoms with E-state index in [1.54, 1.807) is 0 Å². The number of phenols is 2. The first-order chi connectivity index (χ1) is 9.56. The standard InChI is InChI=1S/C14H11FN2O3/c15-11-3-1-2-9(6-11)14(20)17-16-8-10-4-5-12(18)7-13(10)19/h1-8,18-19H,(H,17,20)/b16-8+. The van der Waals surface area contributed by atoms with E-state index < -0.39 is 11.7 Å². The second-order valence-electron chi connectivity index (χ2n) is 3.95. The zero-order valence-corrected chi connectivity index (χ0v) is 10.2. The lowest BCUT2D eigenvalue weighted by Crippen LogP contribution is -2.17. The van der Waals surface area contributed by atoms with Crippen LogP contribution in [0.2, 0.25) is 0 Å². The van der Waals surface area contributed by atoms with Crippen LogP contribution in [0, 0.1) is 5.82 Å². The van der Waals surface area contributed by atoms with Gasteiger partial charge in [0, 0.05) is 17.2 Å². The van der Waals surface area contributed by atoms with Crippen molar-refractivity contribution < 1.29 is 19.4 Å². The van der Waals surface area contributed by atoms with Gasteiger partial charge < -0.3 is 10.2 Å². The van der Waals surface area contributed by atoms with E-state index in [0.29, 0.717) is 5.56 Å². The van der Waals surface area contributed by atoms with Crippen molar-refractivity contribution in [2.24, 2.45) is 5.10 Å². The molecule has 0 aliphatic carbocycles. The van der Waals surface area contributed by atoms with Crippen molar-refractivity contribution in [2.75, 3.05) is 0 Å². The fourth-order valence-corrected chi connectivity index (χ4v) is 1.50. The largest absolute Gasteiger partial charge is 0.508 e. The summed E-state index contributed by atoms with van der Waals surface area (Å²) in [4.78, 5) is 11.6. The van der Waals surface area contributed by atoms with Crippen LogP contribution in [-0.2, 0) is 0 Å². The Hall–Kier alpha value is -2.89. The fourth-order valence-electron chi connectivity index (χ4n) is 1.50. The molecule has 0 heterocycles. The van der Waals surface area contributed by atoms with Crippen molar-refractivity contribution in [1.82, 2.24) is 5.43 Å². The Morgan fingerprint density at radius 2 is 2.00 bits per heavy atom. The van der Waals surface area contributed by atoms with Crippen molar-refractivity contribution in [3.05, 3.63) is 59.4 Å². The van der Waals surface area contributed by atoms with Gasteiger partial charge in [0.2, 0.25) is 0 Å². The molecule has 2 aromatic rings. The molecule has 0 fully saturated rings. The highest BCUT2D eigenvalue weighted by Crippen LogP contribution is 2.20. The average molecular weight is 274 g/mol. The maximum Gasteiger partial charge on any atom is 0.271 e. The monoisotopic (exact) mass is 274 g/mol. The van der Waals surface area contributed by atoms with Crippen LogP contribution in [-0.4, -0.2) is 22.3 Å². The maximum atomic E-state index is 12.9. The van der Waals surface area contributed by atoms with Crippen LogP contribution < -0.4 is 5.43 Å². The quantitative estimate of drug-likeness (QED) is 0.591. The minimum atomic E-state index is -0.570. The van der Waals surface area contributed by atoms with Gasteiger partial charge in [0.15, 0.2) is 0 Å². The molecule has 0 radical (unpaired) electrons. The second kappa shape index (κ2) is 5.83. The molecule has 3 N–H and O–H groups in total.